The molecule has 0 aliphatic heterocycles. The van der Waals surface area contributed by atoms with Crippen LogP contribution < -0.4 is 5.32 Å². The van der Waals surface area contributed by atoms with Crippen molar-refractivity contribution in [2.24, 2.45) is 0 Å². The summed E-state index contributed by atoms with van der Waals surface area (Å²) in [5.74, 6) is -0.963. The van der Waals surface area contributed by atoms with E-state index in [1.54, 1.807) is 11.3 Å². The molecular weight excluding hydrogens is 370 g/mol. The summed E-state index contributed by atoms with van der Waals surface area (Å²) in [6.07, 6.45) is 3.80. The summed E-state index contributed by atoms with van der Waals surface area (Å²) in [4.78, 5) is 39.6. The highest BCUT2D eigenvalue weighted by Gasteiger charge is 2.27. The smallest absolute Gasteiger partial charge is 0.341 e. The van der Waals surface area contributed by atoms with Gasteiger partial charge in [-0.3, -0.25) is 9.59 Å². The van der Waals surface area contributed by atoms with Crippen LogP contribution in [0.25, 0.3) is 0 Å². The molecule has 26 heavy (non-hydrogen) atoms. The Morgan fingerprint density at radius 3 is 2.54 bits per heavy atom. The lowest BCUT2D eigenvalue weighted by Crippen LogP contribution is -2.17. The molecule has 7 heteroatoms. The standard InChI is InChI=1S/C19H21NO4S2/c1-10-8-14(11(2)25-10)15(22)9-24-19(23)17-13-6-4-5-7-16(13)26-18(17)20-12(3)21/h8H,4-7,9H2,1-3H3,(H,20,21). The van der Waals surface area contributed by atoms with Gasteiger partial charge in [-0.2, -0.15) is 0 Å². The van der Waals surface area contributed by atoms with E-state index in [-0.39, 0.29) is 18.3 Å². The Labute approximate surface area is 160 Å². The van der Waals surface area contributed by atoms with Crippen molar-refractivity contribution < 1.29 is 19.1 Å². The van der Waals surface area contributed by atoms with Crippen molar-refractivity contribution in [3.63, 3.8) is 0 Å². The van der Waals surface area contributed by atoms with Gasteiger partial charge in [0.25, 0.3) is 0 Å². The zero-order chi connectivity index (χ0) is 18.8. The molecule has 0 unspecified atom stereocenters. The predicted octanol–water partition coefficient (Wildman–Crippen LogP) is 4.30. The Bertz CT molecular complexity index is 878. The van der Waals surface area contributed by atoms with Gasteiger partial charge in [-0.25, -0.2) is 4.79 Å². The van der Waals surface area contributed by atoms with Crippen molar-refractivity contribution >= 4 is 45.3 Å². The predicted molar refractivity (Wildman–Crippen MR) is 104 cm³/mol. The number of anilines is 1. The molecular formula is C19H21NO4S2. The minimum Gasteiger partial charge on any atom is -0.454 e. The minimum atomic E-state index is -0.536. The number of ketones is 1. The fourth-order valence-electron chi connectivity index (χ4n) is 3.22. The van der Waals surface area contributed by atoms with Crippen LogP contribution in [0.2, 0.25) is 0 Å². The van der Waals surface area contributed by atoms with E-state index in [2.05, 4.69) is 5.32 Å². The molecule has 2 aromatic heterocycles. The normalized spacial score (nSPS) is 13.2. The first-order chi connectivity index (χ1) is 12.4. The molecule has 5 nitrogen and oxygen atoms in total. The first kappa shape index (κ1) is 18.8. The largest absolute Gasteiger partial charge is 0.454 e. The van der Waals surface area contributed by atoms with Crippen LogP contribution in [-0.4, -0.2) is 24.3 Å². The monoisotopic (exact) mass is 391 g/mol. The van der Waals surface area contributed by atoms with Gasteiger partial charge in [0.05, 0.1) is 5.56 Å². The van der Waals surface area contributed by atoms with Gasteiger partial charge < -0.3 is 10.1 Å². The summed E-state index contributed by atoms with van der Waals surface area (Å²) >= 11 is 2.99. The van der Waals surface area contributed by atoms with Crippen molar-refractivity contribution in [3.05, 3.63) is 37.4 Å². The highest BCUT2D eigenvalue weighted by molar-refractivity contribution is 7.17. The van der Waals surface area contributed by atoms with E-state index >= 15 is 0 Å². The quantitative estimate of drug-likeness (QED) is 0.609. The number of Topliss-reactive ketones (excluding diaryl/α,β-unsaturated/α-hetero) is 1. The number of fused-ring (bicyclic) bond motifs is 1. The van der Waals surface area contributed by atoms with Gasteiger partial charge in [-0.15, -0.1) is 22.7 Å². The van der Waals surface area contributed by atoms with Gasteiger partial charge in [0.2, 0.25) is 11.7 Å². The molecule has 1 aliphatic rings. The van der Waals surface area contributed by atoms with E-state index in [9.17, 15) is 14.4 Å². The van der Waals surface area contributed by atoms with Crippen molar-refractivity contribution in [1.82, 2.24) is 0 Å². The maximum Gasteiger partial charge on any atom is 0.341 e. The summed E-state index contributed by atoms with van der Waals surface area (Å²) in [6.45, 7) is 4.95. The Balaban J connectivity index is 1.78. The molecule has 138 valence electrons. The van der Waals surface area contributed by atoms with E-state index < -0.39 is 5.97 Å². The average molecular weight is 392 g/mol. The molecule has 0 radical (unpaired) electrons. The summed E-state index contributed by atoms with van der Waals surface area (Å²) in [5, 5.41) is 3.27. The van der Waals surface area contributed by atoms with Crippen LogP contribution in [0.1, 0.15) is 60.7 Å². The molecule has 0 spiro atoms. The molecule has 3 rings (SSSR count). The van der Waals surface area contributed by atoms with Crippen LogP contribution in [0.3, 0.4) is 0 Å². The number of amides is 1. The van der Waals surface area contributed by atoms with Gasteiger partial charge in [-0.1, -0.05) is 0 Å². The van der Waals surface area contributed by atoms with Crippen molar-refractivity contribution in [1.29, 1.82) is 0 Å². The van der Waals surface area contributed by atoms with Crippen molar-refractivity contribution in [2.45, 2.75) is 46.5 Å². The molecule has 0 fully saturated rings. The third kappa shape index (κ3) is 3.88. The summed E-state index contributed by atoms with van der Waals surface area (Å²) in [6, 6.07) is 1.82. The number of rotatable bonds is 5. The van der Waals surface area contributed by atoms with Crippen molar-refractivity contribution in [3.8, 4) is 0 Å². The highest BCUT2D eigenvalue weighted by Crippen LogP contribution is 2.38. The number of carbonyl (C=O) groups is 3. The van der Waals surface area contributed by atoms with E-state index in [1.807, 2.05) is 19.9 Å². The number of nitrogens with one attached hydrogen (secondary N) is 1. The lowest BCUT2D eigenvalue weighted by Gasteiger charge is -2.12. The fraction of sp³-hybridized carbons (Fsp3) is 0.421. The number of carbonyl (C=O) groups excluding carboxylic acids is 3. The molecule has 1 amide bonds. The Kier molecular flexibility index (Phi) is 5.58. The van der Waals surface area contributed by atoms with E-state index in [4.69, 9.17) is 4.74 Å². The van der Waals surface area contributed by atoms with Gasteiger partial charge in [0, 0.05) is 27.1 Å². The number of hydrogen-bond acceptors (Lipinski definition) is 6. The molecule has 0 atom stereocenters. The van der Waals surface area contributed by atoms with Crippen LogP contribution in [0.4, 0.5) is 5.00 Å². The number of aryl methyl sites for hydroxylation is 3. The lowest BCUT2D eigenvalue weighted by atomic mass is 9.95. The molecule has 0 saturated heterocycles. The molecule has 1 N–H and O–H groups in total. The fourth-order valence-corrected chi connectivity index (χ4v) is 5.48. The maximum absolute atomic E-state index is 12.7. The zero-order valence-corrected chi connectivity index (χ0v) is 16.7. The minimum absolute atomic E-state index is 0.203. The van der Waals surface area contributed by atoms with Gasteiger partial charge in [0.1, 0.15) is 5.00 Å². The van der Waals surface area contributed by atoms with Gasteiger partial charge in [0.15, 0.2) is 6.61 Å². The average Bonchev–Trinajstić information content (AvgIpc) is 3.10. The Morgan fingerprint density at radius 2 is 1.88 bits per heavy atom. The second-order valence-electron chi connectivity index (χ2n) is 6.42. The van der Waals surface area contributed by atoms with Crippen LogP contribution >= 0.6 is 22.7 Å². The third-order valence-electron chi connectivity index (χ3n) is 4.34. The Hall–Kier alpha value is -1.99. The molecule has 2 aromatic rings. The van der Waals surface area contributed by atoms with Gasteiger partial charge in [-0.05, 0) is 51.2 Å². The van der Waals surface area contributed by atoms with Crippen LogP contribution in [0.15, 0.2) is 6.07 Å². The number of thiophene rings is 2. The Morgan fingerprint density at radius 1 is 1.15 bits per heavy atom. The molecule has 0 aromatic carbocycles. The lowest BCUT2D eigenvalue weighted by molar-refractivity contribution is -0.114. The van der Waals surface area contributed by atoms with Gasteiger partial charge >= 0.3 is 5.97 Å². The van der Waals surface area contributed by atoms with Crippen LogP contribution in [0.5, 0.6) is 0 Å². The maximum atomic E-state index is 12.7. The number of esters is 1. The highest BCUT2D eigenvalue weighted by atomic mass is 32.1. The summed E-state index contributed by atoms with van der Waals surface area (Å²) in [7, 11) is 0. The van der Waals surface area contributed by atoms with E-state index in [1.165, 1.54) is 18.3 Å². The third-order valence-corrected chi connectivity index (χ3v) is 6.51. The topological polar surface area (TPSA) is 72.5 Å². The summed E-state index contributed by atoms with van der Waals surface area (Å²) in [5.41, 5.74) is 1.99. The summed E-state index contributed by atoms with van der Waals surface area (Å²) < 4.78 is 5.33. The van der Waals surface area contributed by atoms with Crippen LogP contribution in [-0.2, 0) is 22.4 Å². The SMILES string of the molecule is CC(=O)Nc1sc2c(c1C(=O)OCC(=O)c1cc(C)sc1C)CCCC2. The zero-order valence-electron chi connectivity index (χ0n) is 15.1. The molecule has 2 heterocycles. The first-order valence-electron chi connectivity index (χ1n) is 8.56. The second-order valence-corrected chi connectivity index (χ2v) is 8.99. The van der Waals surface area contributed by atoms with E-state index in [0.29, 0.717) is 16.1 Å². The second kappa shape index (κ2) is 7.72. The number of hydrogen-bond donors (Lipinski definition) is 1. The van der Waals surface area contributed by atoms with E-state index in [0.717, 1.165) is 45.9 Å². The molecule has 0 saturated carbocycles. The molecule has 0 bridgehead atoms. The molecule has 1 aliphatic carbocycles. The van der Waals surface area contributed by atoms with Crippen LogP contribution in [0, 0.1) is 13.8 Å². The van der Waals surface area contributed by atoms with Crippen molar-refractivity contribution in [2.75, 3.05) is 11.9 Å². The first-order valence-corrected chi connectivity index (χ1v) is 10.2. The number of ether oxygens (including phenoxy) is 1.